The molecule has 3 nitrogen and oxygen atoms in total. The van der Waals surface area contributed by atoms with Crippen molar-refractivity contribution in [1.29, 1.82) is 0 Å². The van der Waals surface area contributed by atoms with Crippen molar-refractivity contribution < 1.29 is 4.74 Å². The predicted octanol–water partition coefficient (Wildman–Crippen LogP) is 2.99. The normalized spacial score (nSPS) is 9.87. The van der Waals surface area contributed by atoms with Gasteiger partial charge in [0.1, 0.15) is 6.20 Å². The first-order valence-electron chi connectivity index (χ1n) is 5.27. The van der Waals surface area contributed by atoms with Crippen molar-refractivity contribution in [2.75, 3.05) is 13.2 Å². The number of nitrogens with zero attached hydrogens (tertiary/aromatic N) is 2. The molecule has 0 aliphatic carbocycles. The standard InChI is InChI=1S/C12H16N2O/c1-3-8-15-9-4-5-11-6-7-14-12(10-11)13-2/h6-7,10H,3-5,8-9H2,1H3. The molecule has 1 rings (SSSR count). The highest BCUT2D eigenvalue weighted by atomic mass is 16.5. The van der Waals surface area contributed by atoms with E-state index in [2.05, 4.69) is 16.8 Å². The second kappa shape index (κ2) is 6.97. The van der Waals surface area contributed by atoms with Gasteiger partial charge < -0.3 is 9.58 Å². The summed E-state index contributed by atoms with van der Waals surface area (Å²) in [6, 6.07) is 3.79. The lowest BCUT2D eigenvalue weighted by Crippen LogP contribution is -1.97. The number of aryl methyl sites for hydroxylation is 1. The SMILES string of the molecule is [C-]#[N+]c1cc(CCCOCCC)ccn1. The zero-order valence-corrected chi connectivity index (χ0v) is 9.07. The van der Waals surface area contributed by atoms with E-state index in [0.29, 0.717) is 5.82 Å². The quantitative estimate of drug-likeness (QED) is 0.526. The zero-order chi connectivity index (χ0) is 10.9. The summed E-state index contributed by atoms with van der Waals surface area (Å²) < 4.78 is 5.38. The molecule has 0 aliphatic rings. The van der Waals surface area contributed by atoms with E-state index in [1.165, 1.54) is 0 Å². The summed E-state index contributed by atoms with van der Waals surface area (Å²) in [5.74, 6) is 0.474. The van der Waals surface area contributed by atoms with E-state index >= 15 is 0 Å². The van der Waals surface area contributed by atoms with Crippen LogP contribution in [0.15, 0.2) is 18.3 Å². The molecule has 3 heteroatoms. The number of hydrogen-bond acceptors (Lipinski definition) is 2. The Labute approximate surface area is 90.9 Å². The van der Waals surface area contributed by atoms with Crippen molar-refractivity contribution in [1.82, 2.24) is 4.98 Å². The van der Waals surface area contributed by atoms with Gasteiger partial charge in [-0.2, -0.15) is 0 Å². The van der Waals surface area contributed by atoms with Crippen LogP contribution in [-0.2, 0) is 11.2 Å². The molecular weight excluding hydrogens is 188 g/mol. The van der Waals surface area contributed by atoms with E-state index in [9.17, 15) is 0 Å². The van der Waals surface area contributed by atoms with Gasteiger partial charge in [0.15, 0.2) is 0 Å². The van der Waals surface area contributed by atoms with Crippen molar-refractivity contribution in [2.24, 2.45) is 0 Å². The Morgan fingerprint density at radius 3 is 3.07 bits per heavy atom. The first kappa shape index (κ1) is 11.7. The fraction of sp³-hybridized carbons (Fsp3) is 0.500. The number of rotatable bonds is 6. The molecule has 0 saturated heterocycles. The average molecular weight is 204 g/mol. The molecule has 0 N–H and O–H groups in total. The van der Waals surface area contributed by atoms with Crippen LogP contribution < -0.4 is 0 Å². The Morgan fingerprint density at radius 2 is 2.33 bits per heavy atom. The summed E-state index contributed by atoms with van der Waals surface area (Å²) in [5.41, 5.74) is 1.16. The van der Waals surface area contributed by atoms with Crippen LogP contribution in [-0.4, -0.2) is 18.2 Å². The van der Waals surface area contributed by atoms with Crippen LogP contribution in [0.5, 0.6) is 0 Å². The third kappa shape index (κ3) is 4.57. The van der Waals surface area contributed by atoms with Crippen molar-refractivity contribution in [3.8, 4) is 0 Å². The topological polar surface area (TPSA) is 26.5 Å². The lowest BCUT2D eigenvalue weighted by molar-refractivity contribution is 0.132. The molecule has 0 unspecified atom stereocenters. The van der Waals surface area contributed by atoms with Crippen LogP contribution in [0.2, 0.25) is 0 Å². The zero-order valence-electron chi connectivity index (χ0n) is 9.07. The average Bonchev–Trinajstić information content (AvgIpc) is 2.29. The highest BCUT2D eigenvalue weighted by Gasteiger charge is 1.97. The molecule has 1 aromatic heterocycles. The monoisotopic (exact) mass is 204 g/mol. The molecule has 0 fully saturated rings. The minimum Gasteiger partial charge on any atom is -0.381 e. The molecule has 0 atom stereocenters. The fourth-order valence-corrected chi connectivity index (χ4v) is 1.30. The van der Waals surface area contributed by atoms with Gasteiger partial charge in [-0.1, -0.05) is 19.1 Å². The van der Waals surface area contributed by atoms with Gasteiger partial charge in [-0.05, 0) is 31.4 Å². The molecule has 15 heavy (non-hydrogen) atoms. The highest BCUT2D eigenvalue weighted by molar-refractivity contribution is 5.38. The largest absolute Gasteiger partial charge is 0.381 e. The van der Waals surface area contributed by atoms with Gasteiger partial charge in [0.25, 0.3) is 5.82 Å². The van der Waals surface area contributed by atoms with Gasteiger partial charge >= 0.3 is 0 Å². The molecule has 1 heterocycles. The van der Waals surface area contributed by atoms with E-state index in [1.54, 1.807) is 6.20 Å². The second-order valence-electron chi connectivity index (χ2n) is 3.35. The Bertz CT molecular complexity index is 331. The Hall–Kier alpha value is -1.40. The lowest BCUT2D eigenvalue weighted by Gasteiger charge is -2.02. The minimum absolute atomic E-state index is 0.474. The summed E-state index contributed by atoms with van der Waals surface area (Å²) in [6.45, 7) is 10.6. The van der Waals surface area contributed by atoms with Gasteiger partial charge in [0, 0.05) is 13.2 Å². The smallest absolute Gasteiger partial charge is 0.269 e. The Balaban J connectivity index is 2.28. The molecule has 0 aliphatic heterocycles. The maximum absolute atomic E-state index is 6.85. The third-order valence-electron chi connectivity index (χ3n) is 2.03. The molecule has 0 spiro atoms. The second-order valence-corrected chi connectivity index (χ2v) is 3.35. The molecule has 0 bridgehead atoms. The third-order valence-corrected chi connectivity index (χ3v) is 2.03. The lowest BCUT2D eigenvalue weighted by atomic mass is 10.1. The van der Waals surface area contributed by atoms with E-state index in [1.807, 2.05) is 12.1 Å². The van der Waals surface area contributed by atoms with Crippen LogP contribution in [0.3, 0.4) is 0 Å². The van der Waals surface area contributed by atoms with Crippen LogP contribution in [0.25, 0.3) is 4.85 Å². The van der Waals surface area contributed by atoms with Crippen LogP contribution in [0.1, 0.15) is 25.3 Å². The summed E-state index contributed by atoms with van der Waals surface area (Å²) in [7, 11) is 0. The van der Waals surface area contributed by atoms with Crippen molar-refractivity contribution in [3.05, 3.63) is 35.3 Å². The van der Waals surface area contributed by atoms with Crippen LogP contribution in [0.4, 0.5) is 5.82 Å². The van der Waals surface area contributed by atoms with Gasteiger partial charge in [0.2, 0.25) is 0 Å². The Morgan fingerprint density at radius 1 is 1.47 bits per heavy atom. The van der Waals surface area contributed by atoms with Gasteiger partial charge in [-0.3, -0.25) is 0 Å². The number of pyridine rings is 1. The number of hydrogen-bond donors (Lipinski definition) is 0. The van der Waals surface area contributed by atoms with E-state index < -0.39 is 0 Å². The summed E-state index contributed by atoms with van der Waals surface area (Å²) in [6.07, 6.45) is 4.71. The van der Waals surface area contributed by atoms with Gasteiger partial charge in [0.05, 0.1) is 0 Å². The molecule has 0 amide bonds. The molecule has 0 radical (unpaired) electrons. The highest BCUT2D eigenvalue weighted by Crippen LogP contribution is 2.11. The molecule has 0 saturated carbocycles. The molecule has 0 aromatic carbocycles. The van der Waals surface area contributed by atoms with Gasteiger partial charge in [-0.25, -0.2) is 0 Å². The summed E-state index contributed by atoms with van der Waals surface area (Å²) in [4.78, 5) is 7.23. The molecule has 1 aromatic rings. The Kier molecular flexibility index (Phi) is 5.42. The van der Waals surface area contributed by atoms with Crippen LogP contribution >= 0.6 is 0 Å². The van der Waals surface area contributed by atoms with Crippen molar-refractivity contribution in [2.45, 2.75) is 26.2 Å². The number of ether oxygens (including phenoxy) is 1. The summed E-state index contributed by atoms with van der Waals surface area (Å²) >= 11 is 0. The van der Waals surface area contributed by atoms with E-state index in [-0.39, 0.29) is 0 Å². The first-order chi connectivity index (χ1) is 7.36. The van der Waals surface area contributed by atoms with Gasteiger partial charge in [-0.15, -0.1) is 4.98 Å². The first-order valence-corrected chi connectivity index (χ1v) is 5.27. The number of aromatic nitrogens is 1. The van der Waals surface area contributed by atoms with E-state index in [4.69, 9.17) is 11.3 Å². The van der Waals surface area contributed by atoms with Crippen molar-refractivity contribution in [3.63, 3.8) is 0 Å². The molecular formula is C12H16N2O. The maximum Gasteiger partial charge on any atom is 0.269 e. The van der Waals surface area contributed by atoms with E-state index in [0.717, 1.165) is 38.0 Å². The maximum atomic E-state index is 6.85. The molecule has 80 valence electrons. The minimum atomic E-state index is 0.474. The fourth-order valence-electron chi connectivity index (χ4n) is 1.30. The van der Waals surface area contributed by atoms with Crippen LogP contribution in [0, 0.1) is 6.57 Å². The predicted molar refractivity (Wildman–Crippen MR) is 59.9 cm³/mol. The summed E-state index contributed by atoms with van der Waals surface area (Å²) in [5, 5.41) is 0. The van der Waals surface area contributed by atoms with Crippen molar-refractivity contribution >= 4 is 5.82 Å².